The highest BCUT2D eigenvalue weighted by molar-refractivity contribution is 9.10. The van der Waals surface area contributed by atoms with Crippen molar-refractivity contribution in [1.82, 2.24) is 0 Å². The summed E-state index contributed by atoms with van der Waals surface area (Å²) in [5, 5.41) is 4.94. The Morgan fingerprint density at radius 1 is 1.29 bits per heavy atom. The Labute approximate surface area is 112 Å². The molecule has 0 bridgehead atoms. The molecular formula is C13H10BrNOS. The molecule has 0 atom stereocenters. The Kier molecular flexibility index (Phi) is 4.12. The minimum Gasteiger partial charge on any atom is -0.362 e. The topological polar surface area (TPSA) is 29.1 Å². The molecule has 17 heavy (non-hydrogen) atoms. The molecule has 1 heterocycles. The number of benzene rings is 1. The number of anilines is 1. The third kappa shape index (κ3) is 3.54. The molecule has 0 fully saturated rings. The number of hydrogen-bond acceptors (Lipinski definition) is 3. The summed E-state index contributed by atoms with van der Waals surface area (Å²) in [5.41, 5.74) is 0.939. The zero-order valence-electron chi connectivity index (χ0n) is 8.89. The maximum absolute atomic E-state index is 11.6. The number of carbonyl (C=O) groups excluding carboxylic acids is 1. The largest absolute Gasteiger partial charge is 0.362 e. The van der Waals surface area contributed by atoms with E-state index in [-0.39, 0.29) is 5.78 Å². The Morgan fingerprint density at radius 2 is 2.18 bits per heavy atom. The van der Waals surface area contributed by atoms with E-state index in [0.717, 1.165) is 15.0 Å². The first kappa shape index (κ1) is 12.1. The van der Waals surface area contributed by atoms with Gasteiger partial charge in [0.25, 0.3) is 0 Å². The molecule has 2 rings (SSSR count). The summed E-state index contributed by atoms with van der Waals surface area (Å²) in [4.78, 5) is 12.4. The number of carbonyl (C=O) groups is 1. The fraction of sp³-hybridized carbons (Fsp3) is 0. The van der Waals surface area contributed by atoms with Crippen LogP contribution in [0.3, 0.4) is 0 Å². The van der Waals surface area contributed by atoms with Gasteiger partial charge in [0.1, 0.15) is 0 Å². The molecule has 0 spiro atoms. The highest BCUT2D eigenvalue weighted by Crippen LogP contribution is 2.15. The molecule has 1 N–H and O–H groups in total. The van der Waals surface area contributed by atoms with E-state index in [4.69, 9.17) is 0 Å². The first-order valence-corrected chi connectivity index (χ1v) is 6.69. The van der Waals surface area contributed by atoms with Crippen LogP contribution in [0.15, 0.2) is 58.5 Å². The predicted octanol–water partition coefficient (Wildman–Crippen LogP) is 4.32. The highest BCUT2D eigenvalue weighted by atomic mass is 79.9. The van der Waals surface area contributed by atoms with Crippen LogP contribution in [0, 0.1) is 0 Å². The Bertz CT molecular complexity index is 534. The molecule has 0 amide bonds. The van der Waals surface area contributed by atoms with Gasteiger partial charge in [-0.1, -0.05) is 28.1 Å². The van der Waals surface area contributed by atoms with Gasteiger partial charge in [0.2, 0.25) is 0 Å². The summed E-state index contributed by atoms with van der Waals surface area (Å²) in [6.07, 6.45) is 3.19. The molecule has 0 unspecified atom stereocenters. The lowest BCUT2D eigenvalue weighted by molar-refractivity contribution is 0.105. The van der Waals surface area contributed by atoms with Crippen LogP contribution in [0.4, 0.5) is 5.69 Å². The zero-order chi connectivity index (χ0) is 12.1. The maximum atomic E-state index is 11.6. The van der Waals surface area contributed by atoms with Gasteiger partial charge in [-0.3, -0.25) is 4.79 Å². The molecule has 0 radical (unpaired) electrons. The Hall–Kier alpha value is -1.39. The van der Waals surface area contributed by atoms with Crippen molar-refractivity contribution in [3.8, 4) is 0 Å². The lowest BCUT2D eigenvalue weighted by Crippen LogP contribution is -1.93. The van der Waals surface area contributed by atoms with Crippen molar-refractivity contribution in [3.63, 3.8) is 0 Å². The number of halogens is 1. The molecule has 0 aliphatic heterocycles. The second kappa shape index (κ2) is 5.80. The average molecular weight is 308 g/mol. The van der Waals surface area contributed by atoms with Gasteiger partial charge in [0.15, 0.2) is 5.78 Å². The van der Waals surface area contributed by atoms with Crippen LogP contribution in [0.2, 0.25) is 0 Å². The predicted molar refractivity (Wildman–Crippen MR) is 75.6 cm³/mol. The van der Waals surface area contributed by atoms with E-state index in [2.05, 4.69) is 21.2 Å². The second-order valence-electron chi connectivity index (χ2n) is 3.33. The second-order valence-corrected chi connectivity index (χ2v) is 5.19. The van der Waals surface area contributed by atoms with Crippen LogP contribution < -0.4 is 5.32 Å². The molecule has 2 aromatic rings. The van der Waals surface area contributed by atoms with Gasteiger partial charge in [-0.05, 0) is 29.6 Å². The summed E-state index contributed by atoms with van der Waals surface area (Å²) in [6.45, 7) is 0. The van der Waals surface area contributed by atoms with E-state index in [1.165, 1.54) is 17.4 Å². The first-order valence-electron chi connectivity index (χ1n) is 5.02. The fourth-order valence-corrected chi connectivity index (χ4v) is 2.34. The monoisotopic (exact) mass is 307 g/mol. The van der Waals surface area contributed by atoms with E-state index in [9.17, 15) is 4.79 Å². The summed E-state index contributed by atoms with van der Waals surface area (Å²) in [6, 6.07) is 11.4. The van der Waals surface area contributed by atoms with E-state index in [0.29, 0.717) is 0 Å². The molecule has 86 valence electrons. The molecule has 0 aliphatic carbocycles. The first-order chi connectivity index (χ1) is 8.25. The van der Waals surface area contributed by atoms with Crippen LogP contribution in [-0.4, -0.2) is 5.78 Å². The van der Waals surface area contributed by atoms with Gasteiger partial charge in [0, 0.05) is 22.4 Å². The molecule has 1 aromatic heterocycles. The van der Waals surface area contributed by atoms with Crippen molar-refractivity contribution in [2.45, 2.75) is 0 Å². The minimum atomic E-state index is 0.0162. The molecule has 0 saturated carbocycles. The van der Waals surface area contributed by atoms with E-state index in [1.54, 1.807) is 6.20 Å². The van der Waals surface area contributed by atoms with Crippen molar-refractivity contribution < 1.29 is 4.79 Å². The normalized spacial score (nSPS) is 10.6. The zero-order valence-corrected chi connectivity index (χ0v) is 11.3. The minimum absolute atomic E-state index is 0.0162. The molecule has 0 aliphatic rings. The molecule has 4 heteroatoms. The molecular weight excluding hydrogens is 298 g/mol. The molecule has 2 nitrogen and oxygen atoms in total. The van der Waals surface area contributed by atoms with Crippen molar-refractivity contribution in [2.75, 3.05) is 5.32 Å². The summed E-state index contributed by atoms with van der Waals surface area (Å²) < 4.78 is 1.00. The van der Waals surface area contributed by atoms with E-state index >= 15 is 0 Å². The Morgan fingerprint density at radius 3 is 2.88 bits per heavy atom. The van der Waals surface area contributed by atoms with Crippen molar-refractivity contribution in [3.05, 3.63) is 63.4 Å². The smallest absolute Gasteiger partial charge is 0.197 e. The van der Waals surface area contributed by atoms with Crippen molar-refractivity contribution in [2.24, 2.45) is 0 Å². The fourth-order valence-electron chi connectivity index (χ4n) is 1.29. The molecule has 0 saturated heterocycles. The maximum Gasteiger partial charge on any atom is 0.197 e. The van der Waals surface area contributed by atoms with Crippen LogP contribution in [0.1, 0.15) is 9.67 Å². The number of hydrogen-bond donors (Lipinski definition) is 1. The quantitative estimate of drug-likeness (QED) is 0.673. The SMILES string of the molecule is O=C(C=CNc1cccc(Br)c1)c1cccs1. The van der Waals surface area contributed by atoms with Gasteiger partial charge in [-0.2, -0.15) is 0 Å². The number of allylic oxidation sites excluding steroid dienone is 1. The van der Waals surface area contributed by atoms with Gasteiger partial charge in [0.05, 0.1) is 4.88 Å². The number of nitrogens with one attached hydrogen (secondary N) is 1. The molecule has 1 aromatic carbocycles. The van der Waals surface area contributed by atoms with Crippen LogP contribution in [-0.2, 0) is 0 Å². The van der Waals surface area contributed by atoms with Crippen LogP contribution in [0.25, 0.3) is 0 Å². The third-order valence-electron chi connectivity index (χ3n) is 2.07. The van der Waals surface area contributed by atoms with E-state index in [1.807, 2.05) is 41.8 Å². The van der Waals surface area contributed by atoms with Crippen molar-refractivity contribution in [1.29, 1.82) is 0 Å². The number of ketones is 1. The van der Waals surface area contributed by atoms with E-state index < -0.39 is 0 Å². The lowest BCUT2D eigenvalue weighted by atomic mass is 10.3. The Balaban J connectivity index is 1.96. The number of rotatable bonds is 4. The van der Waals surface area contributed by atoms with Gasteiger partial charge >= 0.3 is 0 Å². The van der Waals surface area contributed by atoms with Crippen LogP contribution in [0.5, 0.6) is 0 Å². The summed E-state index contributed by atoms with van der Waals surface area (Å²) >= 11 is 4.83. The van der Waals surface area contributed by atoms with Crippen LogP contribution >= 0.6 is 27.3 Å². The average Bonchev–Trinajstić information content (AvgIpc) is 2.82. The third-order valence-corrected chi connectivity index (χ3v) is 3.45. The summed E-state index contributed by atoms with van der Waals surface area (Å²) in [5.74, 6) is 0.0162. The highest BCUT2D eigenvalue weighted by Gasteiger charge is 2.00. The van der Waals surface area contributed by atoms with Crippen molar-refractivity contribution >= 4 is 38.7 Å². The standard InChI is InChI=1S/C13H10BrNOS/c14-10-3-1-4-11(9-10)15-7-6-12(16)13-5-2-8-17-13/h1-9,15H. The van der Waals surface area contributed by atoms with Gasteiger partial charge in [-0.15, -0.1) is 11.3 Å². The lowest BCUT2D eigenvalue weighted by Gasteiger charge is -2.00. The number of thiophene rings is 1. The summed E-state index contributed by atoms with van der Waals surface area (Å²) in [7, 11) is 0. The van der Waals surface area contributed by atoms with Gasteiger partial charge in [-0.25, -0.2) is 0 Å². The van der Waals surface area contributed by atoms with Gasteiger partial charge < -0.3 is 5.32 Å².